The van der Waals surface area contributed by atoms with Gasteiger partial charge in [0.25, 0.3) is 0 Å². The summed E-state index contributed by atoms with van der Waals surface area (Å²) in [6.07, 6.45) is 3.02. The van der Waals surface area contributed by atoms with E-state index in [-0.39, 0.29) is 6.10 Å². The lowest BCUT2D eigenvalue weighted by atomic mass is 10.1. The van der Waals surface area contributed by atoms with Crippen LogP contribution in [0.3, 0.4) is 0 Å². The van der Waals surface area contributed by atoms with Crippen molar-refractivity contribution in [3.05, 3.63) is 47.1 Å². The first-order valence-electron chi connectivity index (χ1n) is 5.40. The SMILES string of the molecule is C=C/C(C(=C)C)=C(Cl)/C(=C\C)C(=O)OC(C)C. The van der Waals surface area contributed by atoms with Gasteiger partial charge in [0.15, 0.2) is 0 Å². The Labute approximate surface area is 108 Å². The first kappa shape index (κ1) is 15.7. The van der Waals surface area contributed by atoms with Crippen molar-refractivity contribution < 1.29 is 9.53 Å². The van der Waals surface area contributed by atoms with Gasteiger partial charge in [-0.1, -0.05) is 36.9 Å². The van der Waals surface area contributed by atoms with Crippen LogP contribution in [0, 0.1) is 0 Å². The molecule has 17 heavy (non-hydrogen) atoms. The average molecular weight is 255 g/mol. The topological polar surface area (TPSA) is 26.3 Å². The van der Waals surface area contributed by atoms with Gasteiger partial charge < -0.3 is 4.74 Å². The highest BCUT2D eigenvalue weighted by atomic mass is 35.5. The molecule has 0 atom stereocenters. The van der Waals surface area contributed by atoms with E-state index < -0.39 is 5.97 Å². The first-order valence-corrected chi connectivity index (χ1v) is 5.78. The van der Waals surface area contributed by atoms with Crippen LogP contribution in [0.4, 0.5) is 0 Å². The lowest BCUT2D eigenvalue weighted by molar-refractivity contribution is -0.142. The Bertz CT molecular complexity index is 387. The van der Waals surface area contributed by atoms with Crippen LogP contribution in [0.2, 0.25) is 0 Å². The summed E-state index contributed by atoms with van der Waals surface area (Å²) in [4.78, 5) is 11.8. The Balaban J connectivity index is 5.35. The van der Waals surface area contributed by atoms with Crippen molar-refractivity contribution in [1.82, 2.24) is 0 Å². The Hall–Kier alpha value is -1.28. The molecule has 0 spiro atoms. The summed E-state index contributed by atoms with van der Waals surface area (Å²) in [6.45, 7) is 14.6. The number of esters is 1. The van der Waals surface area contributed by atoms with Gasteiger partial charge in [-0.15, -0.1) is 0 Å². The number of hydrogen-bond donors (Lipinski definition) is 0. The summed E-state index contributed by atoms with van der Waals surface area (Å²) in [5.74, 6) is -0.437. The second kappa shape index (κ2) is 7.13. The summed E-state index contributed by atoms with van der Waals surface area (Å²) < 4.78 is 5.11. The minimum atomic E-state index is -0.437. The fourth-order valence-electron chi connectivity index (χ4n) is 1.21. The van der Waals surface area contributed by atoms with Gasteiger partial charge in [-0.3, -0.25) is 0 Å². The molecule has 2 nitrogen and oxygen atoms in total. The minimum Gasteiger partial charge on any atom is -0.459 e. The molecule has 0 aromatic rings. The van der Waals surface area contributed by atoms with Crippen LogP contribution in [0.15, 0.2) is 47.1 Å². The van der Waals surface area contributed by atoms with Gasteiger partial charge in [0.1, 0.15) is 0 Å². The predicted molar refractivity (Wildman–Crippen MR) is 72.9 cm³/mol. The molecule has 0 unspecified atom stereocenters. The molecule has 0 aliphatic heterocycles. The normalized spacial score (nSPS) is 13.2. The highest BCUT2D eigenvalue weighted by Crippen LogP contribution is 2.25. The Morgan fingerprint density at radius 2 is 1.94 bits per heavy atom. The first-order chi connectivity index (χ1) is 7.84. The van der Waals surface area contributed by atoms with Crippen molar-refractivity contribution in [2.24, 2.45) is 0 Å². The van der Waals surface area contributed by atoms with E-state index in [0.29, 0.717) is 16.2 Å². The standard InChI is InChI=1S/C14H19ClO2/c1-7-11(9(3)4)13(15)12(8-2)14(16)17-10(5)6/h7-8,10H,1,3H2,2,4-6H3/b12-8+,13-11+. The monoisotopic (exact) mass is 254 g/mol. The van der Waals surface area contributed by atoms with E-state index in [1.807, 2.05) is 0 Å². The van der Waals surface area contributed by atoms with Crippen LogP contribution >= 0.6 is 11.6 Å². The third-order valence-corrected chi connectivity index (χ3v) is 2.40. The highest BCUT2D eigenvalue weighted by Gasteiger charge is 2.17. The van der Waals surface area contributed by atoms with Crippen LogP contribution in [0.1, 0.15) is 27.7 Å². The van der Waals surface area contributed by atoms with E-state index in [1.54, 1.807) is 39.8 Å². The number of ether oxygens (including phenoxy) is 1. The molecular weight excluding hydrogens is 236 g/mol. The van der Waals surface area contributed by atoms with Gasteiger partial charge in [-0.05, 0) is 38.8 Å². The molecule has 0 radical (unpaired) electrons. The Morgan fingerprint density at radius 1 is 1.41 bits per heavy atom. The van der Waals surface area contributed by atoms with E-state index in [1.165, 1.54) is 0 Å². The number of rotatable bonds is 5. The molecule has 3 heteroatoms. The molecule has 0 aliphatic carbocycles. The summed E-state index contributed by atoms with van der Waals surface area (Å²) >= 11 is 6.16. The predicted octanol–water partition coefficient (Wildman–Crippen LogP) is 4.14. The maximum atomic E-state index is 11.8. The number of carbonyl (C=O) groups excluding carboxylic acids is 1. The third-order valence-electron chi connectivity index (χ3n) is 1.99. The van der Waals surface area contributed by atoms with Gasteiger partial charge >= 0.3 is 5.97 Å². The molecular formula is C14H19ClO2. The highest BCUT2D eigenvalue weighted by molar-refractivity contribution is 6.35. The molecule has 0 saturated carbocycles. The zero-order chi connectivity index (χ0) is 13.6. The largest absolute Gasteiger partial charge is 0.459 e. The van der Waals surface area contributed by atoms with E-state index in [0.717, 1.165) is 5.57 Å². The van der Waals surface area contributed by atoms with Gasteiger partial charge in [-0.25, -0.2) is 4.79 Å². The second-order valence-corrected chi connectivity index (χ2v) is 4.25. The van der Waals surface area contributed by atoms with Crippen molar-refractivity contribution in [2.75, 3.05) is 0 Å². The Kier molecular flexibility index (Phi) is 6.59. The number of halogens is 1. The lowest BCUT2D eigenvalue weighted by Crippen LogP contribution is -2.14. The molecule has 94 valence electrons. The van der Waals surface area contributed by atoms with Gasteiger partial charge in [0.05, 0.1) is 16.7 Å². The fraction of sp³-hybridized carbons (Fsp3) is 0.357. The summed E-state index contributed by atoms with van der Waals surface area (Å²) in [5.41, 5.74) is 1.74. The number of allylic oxidation sites excluding steroid dienone is 4. The van der Waals surface area contributed by atoms with E-state index in [2.05, 4.69) is 13.2 Å². The van der Waals surface area contributed by atoms with Gasteiger partial charge in [0, 0.05) is 0 Å². The Morgan fingerprint density at radius 3 is 2.24 bits per heavy atom. The van der Waals surface area contributed by atoms with Crippen molar-refractivity contribution in [3.63, 3.8) is 0 Å². The quantitative estimate of drug-likeness (QED) is 0.419. The summed E-state index contributed by atoms with van der Waals surface area (Å²) in [6, 6.07) is 0. The second-order valence-electron chi connectivity index (χ2n) is 3.87. The molecule has 0 saturated heterocycles. The molecule has 0 heterocycles. The van der Waals surface area contributed by atoms with Crippen molar-refractivity contribution >= 4 is 17.6 Å². The number of hydrogen-bond acceptors (Lipinski definition) is 2. The van der Waals surface area contributed by atoms with Gasteiger partial charge in [-0.2, -0.15) is 0 Å². The molecule has 0 fully saturated rings. The summed E-state index contributed by atoms with van der Waals surface area (Å²) in [7, 11) is 0. The van der Waals surface area contributed by atoms with Crippen molar-refractivity contribution in [1.29, 1.82) is 0 Å². The van der Waals surface area contributed by atoms with Crippen molar-refractivity contribution in [2.45, 2.75) is 33.8 Å². The van der Waals surface area contributed by atoms with Crippen molar-refractivity contribution in [3.8, 4) is 0 Å². The molecule has 0 rings (SSSR count). The fourth-order valence-corrected chi connectivity index (χ4v) is 1.63. The van der Waals surface area contributed by atoms with Crippen LogP contribution in [0.25, 0.3) is 0 Å². The van der Waals surface area contributed by atoms with Crippen LogP contribution in [0.5, 0.6) is 0 Å². The van der Waals surface area contributed by atoms with E-state index in [4.69, 9.17) is 16.3 Å². The smallest absolute Gasteiger partial charge is 0.339 e. The van der Waals surface area contributed by atoms with Gasteiger partial charge in [0.2, 0.25) is 0 Å². The number of carbonyl (C=O) groups is 1. The molecule has 0 bridgehead atoms. The zero-order valence-corrected chi connectivity index (χ0v) is 11.6. The third kappa shape index (κ3) is 4.61. The molecule has 0 N–H and O–H groups in total. The molecule has 0 aromatic carbocycles. The van der Waals surface area contributed by atoms with Crippen LogP contribution in [-0.4, -0.2) is 12.1 Å². The van der Waals surface area contributed by atoms with Crippen LogP contribution < -0.4 is 0 Å². The zero-order valence-electron chi connectivity index (χ0n) is 10.8. The molecule has 0 aromatic heterocycles. The maximum absolute atomic E-state index is 11.8. The minimum absolute atomic E-state index is 0.182. The maximum Gasteiger partial charge on any atom is 0.339 e. The average Bonchev–Trinajstić information content (AvgIpc) is 2.17. The van der Waals surface area contributed by atoms with E-state index in [9.17, 15) is 4.79 Å². The lowest BCUT2D eigenvalue weighted by Gasteiger charge is -2.12. The molecule has 0 amide bonds. The summed E-state index contributed by atoms with van der Waals surface area (Å²) in [5, 5.41) is 0.320. The van der Waals surface area contributed by atoms with Crippen LogP contribution in [-0.2, 0) is 9.53 Å². The molecule has 0 aliphatic rings. The van der Waals surface area contributed by atoms with E-state index >= 15 is 0 Å².